The van der Waals surface area contributed by atoms with Gasteiger partial charge in [-0.05, 0) is 23.2 Å². The number of rotatable bonds is 0. The molecule has 0 aliphatic carbocycles. The second-order valence-electron chi connectivity index (χ2n) is 0.429. The molecule has 0 atom stereocenters. The third-order valence-electron chi connectivity index (χ3n) is 0. The van der Waals surface area contributed by atoms with Gasteiger partial charge in [0.25, 0.3) is 0 Å². The summed E-state index contributed by atoms with van der Waals surface area (Å²) in [5.74, 6) is 0. The Balaban J connectivity index is 0. The Hall–Kier alpha value is 1.70. The minimum Gasteiger partial charge on any atom is -0.172 e. The molecule has 0 nitrogen and oxygen atoms in total. The van der Waals surface area contributed by atoms with Gasteiger partial charge in [0, 0.05) is 37.7 Å². The van der Waals surface area contributed by atoms with Crippen LogP contribution in [-0.4, -0.2) is 4.84 Å². The Bertz CT molecular complexity index is 27.0. The van der Waals surface area contributed by atoms with Gasteiger partial charge in [-0.1, -0.05) is 0 Å². The van der Waals surface area contributed by atoms with Gasteiger partial charge >= 0.3 is 4.84 Å². The van der Waals surface area contributed by atoms with E-state index in [4.69, 9.17) is 0 Å². The maximum atomic E-state index is 10.6. The molecule has 0 aliphatic heterocycles. The van der Waals surface area contributed by atoms with Crippen LogP contribution in [0.25, 0.3) is 0 Å². The molecule has 0 aromatic carbocycles. The summed E-state index contributed by atoms with van der Waals surface area (Å²) in [5.41, 5.74) is 0. The van der Waals surface area contributed by atoms with Crippen LogP contribution in [0.3, 0.4) is 0 Å². The summed E-state index contributed by atoms with van der Waals surface area (Å²) in [7, 11) is 0. The van der Waals surface area contributed by atoms with E-state index in [2.05, 4.69) is 23.2 Å². The second kappa shape index (κ2) is 3.67. The molecule has 0 aromatic rings. The minimum atomic E-state index is -3.56. The molecular weight excluding hydrogens is 161 g/mol. The van der Waals surface area contributed by atoms with E-state index in [1.807, 2.05) is 0 Å². The Morgan fingerprint density at radius 3 is 1.17 bits per heavy atom. The summed E-state index contributed by atoms with van der Waals surface area (Å²) in [4.78, 5) is -3.56. The molecule has 40 valence electrons. The number of hydrogen-bond donors (Lipinski definition) is 0. The van der Waals surface area contributed by atoms with Crippen molar-refractivity contribution in [1.29, 1.82) is 0 Å². The van der Waals surface area contributed by atoms with Gasteiger partial charge in [0.15, 0.2) is 0 Å². The van der Waals surface area contributed by atoms with Crippen molar-refractivity contribution in [1.82, 2.24) is 0 Å². The average molecular weight is 161 g/mol. The zero-order valence-corrected chi connectivity index (χ0v) is 4.58. The van der Waals surface area contributed by atoms with E-state index in [0.717, 1.165) is 0 Å². The topological polar surface area (TPSA) is 0 Å². The SMILES string of the molecule is FC(F)(Cl)Cl.[Ar]. The number of halogens is 4. The quantitative estimate of drug-likeness (QED) is 0.476. The third-order valence-corrected chi connectivity index (χ3v) is 0. The molecule has 0 heterocycles. The fraction of sp³-hybridized carbons (Fsp3) is 1.00. The van der Waals surface area contributed by atoms with Crippen LogP contribution in [0.2, 0.25) is 0 Å². The van der Waals surface area contributed by atoms with Crippen molar-refractivity contribution in [2.24, 2.45) is 0 Å². The van der Waals surface area contributed by atoms with Crippen molar-refractivity contribution >= 4 is 23.2 Å². The minimum absolute atomic E-state index is 0. The van der Waals surface area contributed by atoms with Gasteiger partial charge < -0.3 is 0 Å². The van der Waals surface area contributed by atoms with Crippen LogP contribution in [0.4, 0.5) is 8.78 Å². The molecule has 0 N–H and O–H groups in total. The smallest absolute Gasteiger partial charge is 0.172 e. The van der Waals surface area contributed by atoms with E-state index in [1.165, 1.54) is 0 Å². The molecule has 5 heteroatoms. The first-order valence-electron chi connectivity index (χ1n) is 0.756. The van der Waals surface area contributed by atoms with Crippen LogP contribution in [0.5, 0.6) is 0 Å². The largest absolute Gasteiger partial charge is 0.401 e. The molecule has 6 heavy (non-hydrogen) atoms. The fourth-order valence-electron chi connectivity index (χ4n) is 0. The molecule has 0 amide bonds. The second-order valence-corrected chi connectivity index (χ2v) is 1.57. The standard InChI is InChI=1S/CCl2F2.Ar/c2-1(3,4)5;. The first-order chi connectivity index (χ1) is 2.00. The van der Waals surface area contributed by atoms with Gasteiger partial charge in [-0.3, -0.25) is 0 Å². The summed E-state index contributed by atoms with van der Waals surface area (Å²) in [6, 6.07) is 0. The Morgan fingerprint density at radius 2 is 1.17 bits per heavy atom. The average Bonchev–Trinajstić information content (AvgIpc) is 0.722. The summed E-state index contributed by atoms with van der Waals surface area (Å²) in [6.07, 6.45) is 0. The van der Waals surface area contributed by atoms with Crippen LogP contribution in [0.1, 0.15) is 0 Å². The van der Waals surface area contributed by atoms with E-state index < -0.39 is 4.84 Å². The molecule has 0 saturated carbocycles. The molecule has 0 rings (SSSR count). The normalized spacial score (nSPS) is 10.0. The van der Waals surface area contributed by atoms with Gasteiger partial charge in [-0.2, -0.15) is 8.78 Å². The van der Waals surface area contributed by atoms with Gasteiger partial charge in [-0.25, -0.2) is 0 Å². The monoisotopic (exact) mass is 160 g/mol. The predicted molar refractivity (Wildman–Crippen MR) is 16.7 cm³/mol. The van der Waals surface area contributed by atoms with E-state index in [0.29, 0.717) is 0 Å². The van der Waals surface area contributed by atoms with E-state index in [-0.39, 0.29) is 37.7 Å². The van der Waals surface area contributed by atoms with Crippen molar-refractivity contribution in [3.05, 3.63) is 0 Å². The van der Waals surface area contributed by atoms with Crippen molar-refractivity contribution in [2.75, 3.05) is 0 Å². The van der Waals surface area contributed by atoms with Gasteiger partial charge in [0.2, 0.25) is 0 Å². The van der Waals surface area contributed by atoms with Crippen molar-refractivity contribution in [3.63, 3.8) is 0 Å². The molecular formula is CArCl2F2. The van der Waals surface area contributed by atoms with Crippen molar-refractivity contribution < 1.29 is 46.5 Å². The molecule has 0 radical (unpaired) electrons. The van der Waals surface area contributed by atoms with Crippen LogP contribution in [0.15, 0.2) is 0 Å². The first-order valence-corrected chi connectivity index (χ1v) is 1.51. The van der Waals surface area contributed by atoms with Crippen molar-refractivity contribution in [2.45, 2.75) is 4.84 Å². The van der Waals surface area contributed by atoms with Crippen LogP contribution in [0, 0.1) is 37.7 Å². The summed E-state index contributed by atoms with van der Waals surface area (Å²) in [5, 5.41) is 0. The summed E-state index contributed by atoms with van der Waals surface area (Å²) < 4.78 is 21.1. The van der Waals surface area contributed by atoms with Crippen LogP contribution >= 0.6 is 23.2 Å². The Kier molecular flexibility index (Phi) is 6.51. The maximum Gasteiger partial charge on any atom is 0.401 e. The number of hydrogen-bond acceptors (Lipinski definition) is 0. The maximum absolute atomic E-state index is 10.6. The van der Waals surface area contributed by atoms with Gasteiger partial charge in [-0.15, -0.1) is 0 Å². The zero-order chi connectivity index (χ0) is 4.50. The zero-order valence-electron chi connectivity index (χ0n) is 2.37. The van der Waals surface area contributed by atoms with Gasteiger partial charge in [0.1, 0.15) is 0 Å². The molecule has 0 bridgehead atoms. The van der Waals surface area contributed by atoms with Gasteiger partial charge in [0.05, 0.1) is 0 Å². The Morgan fingerprint density at radius 1 is 1.17 bits per heavy atom. The molecule has 0 aromatic heterocycles. The molecule has 0 aliphatic rings. The van der Waals surface area contributed by atoms with E-state index >= 15 is 0 Å². The summed E-state index contributed by atoms with van der Waals surface area (Å²) in [6.45, 7) is 0. The number of alkyl halides is 4. The molecule has 0 unspecified atom stereocenters. The fourth-order valence-corrected chi connectivity index (χ4v) is 0. The predicted octanol–water partition coefficient (Wildman–Crippen LogP) is 2.01. The summed E-state index contributed by atoms with van der Waals surface area (Å²) >= 11 is 7.92. The van der Waals surface area contributed by atoms with Crippen LogP contribution < -0.4 is 0 Å². The Labute approximate surface area is 73.8 Å². The first kappa shape index (κ1) is 10.6. The van der Waals surface area contributed by atoms with Crippen LogP contribution in [-0.2, 0) is 0 Å². The third kappa shape index (κ3) is 43.6. The molecule has 0 fully saturated rings. The molecule has 0 saturated heterocycles. The van der Waals surface area contributed by atoms with E-state index in [9.17, 15) is 8.78 Å². The van der Waals surface area contributed by atoms with E-state index in [1.54, 1.807) is 0 Å². The van der Waals surface area contributed by atoms with Crippen molar-refractivity contribution in [3.8, 4) is 0 Å². The molecule has 0 spiro atoms.